The van der Waals surface area contributed by atoms with Gasteiger partial charge in [0.25, 0.3) is 32.1 Å². The highest BCUT2D eigenvalue weighted by molar-refractivity contribution is 7.92. The van der Waals surface area contributed by atoms with E-state index in [1.54, 1.807) is 37.3 Å². The Morgan fingerprint density at radius 1 is 0.694 bits per heavy atom. The van der Waals surface area contributed by atoms with E-state index in [1.807, 2.05) is 0 Å². The van der Waals surface area contributed by atoms with E-state index in [-0.39, 0.29) is 20.9 Å². The van der Waals surface area contributed by atoms with Crippen molar-refractivity contribution < 1.29 is 43.9 Å². The number of sulfone groups is 1. The molecule has 0 radical (unpaired) electrons. The molecule has 0 unspecified atom stereocenters. The monoisotopic (exact) mass is 762 g/mol. The molecule has 6 aromatic rings. The zero-order valence-corrected chi connectivity index (χ0v) is 29.5. The van der Waals surface area contributed by atoms with E-state index < -0.39 is 72.8 Å². The molecule has 0 saturated carbocycles. The molecule has 0 saturated heterocycles. The number of aryl methyl sites for hydroxylation is 4. The second kappa shape index (κ2) is 10.7. The molecule has 21 heteroatoms. The molecule has 0 fully saturated rings. The Labute approximate surface area is 285 Å². The number of anilines is 2. The summed E-state index contributed by atoms with van der Waals surface area (Å²) in [7, 11) is -11.4. The largest absolute Gasteiger partial charge is 0.320 e. The highest BCUT2D eigenvalue weighted by Crippen LogP contribution is 2.48. The van der Waals surface area contributed by atoms with Crippen LogP contribution < -0.4 is 10.6 Å². The predicted molar refractivity (Wildman–Crippen MR) is 180 cm³/mol. The molecule has 7 rings (SSSR count). The number of carbonyl (C=O) groups is 2. The van der Waals surface area contributed by atoms with E-state index in [4.69, 9.17) is 0 Å². The summed E-state index contributed by atoms with van der Waals surface area (Å²) < 4.78 is 102. The lowest BCUT2D eigenvalue weighted by Crippen LogP contribution is -2.14. The molecule has 2 aromatic carbocycles. The van der Waals surface area contributed by atoms with Crippen molar-refractivity contribution in [1.29, 1.82) is 0 Å². The van der Waals surface area contributed by atoms with Gasteiger partial charge < -0.3 is 10.6 Å². The van der Waals surface area contributed by atoms with Crippen molar-refractivity contribution in [3.05, 3.63) is 57.5 Å². The molecule has 254 valence electrons. The molecule has 4 aromatic heterocycles. The number of amides is 2. The second-order valence-corrected chi connectivity index (χ2v) is 17.9. The predicted octanol–water partition coefficient (Wildman–Crippen LogP) is 4.01. The number of benzene rings is 2. The average molecular weight is 763 g/mol. The first-order chi connectivity index (χ1) is 22.8. The summed E-state index contributed by atoms with van der Waals surface area (Å²) in [4.78, 5) is 24.0. The van der Waals surface area contributed by atoms with E-state index in [1.165, 1.54) is 12.1 Å². The van der Waals surface area contributed by atoms with Crippen LogP contribution in [-0.4, -0.2) is 65.7 Å². The number of hydrogen-bond acceptors (Lipinski definition) is 12. The van der Waals surface area contributed by atoms with Crippen LogP contribution in [0.15, 0.2) is 56.0 Å². The van der Waals surface area contributed by atoms with Gasteiger partial charge >= 0.3 is 0 Å². The van der Waals surface area contributed by atoms with Crippen LogP contribution in [0.25, 0.3) is 31.6 Å². The first-order valence-electron chi connectivity index (χ1n) is 13.8. The van der Waals surface area contributed by atoms with Gasteiger partial charge in [-0.1, -0.05) is 0 Å². The highest BCUT2D eigenvalue weighted by atomic mass is 32.2. The number of aromatic nitrogens is 4. The van der Waals surface area contributed by atoms with E-state index >= 15 is 0 Å². The summed E-state index contributed by atoms with van der Waals surface area (Å²) in [5, 5.41) is 13.3. The number of carbonyl (C=O) groups excluding carboxylic acids is 2. The maximum atomic E-state index is 13.9. The van der Waals surface area contributed by atoms with Crippen molar-refractivity contribution in [1.82, 2.24) is 19.6 Å². The molecule has 1 aliphatic heterocycles. The lowest BCUT2D eigenvalue weighted by molar-refractivity contribution is 0.102. The summed E-state index contributed by atoms with van der Waals surface area (Å²) in [6, 6.07) is 6.28. The molecule has 49 heavy (non-hydrogen) atoms. The molecule has 5 heterocycles. The molecular formula is C28H22N6O10S5. The lowest BCUT2D eigenvalue weighted by Gasteiger charge is -2.12. The van der Waals surface area contributed by atoms with Gasteiger partial charge in [0, 0.05) is 25.2 Å². The van der Waals surface area contributed by atoms with Crippen LogP contribution in [0.2, 0.25) is 0 Å². The molecular weight excluding hydrogens is 741 g/mol. The zero-order valence-electron chi connectivity index (χ0n) is 25.5. The first kappa shape index (κ1) is 33.0. The molecule has 1 aliphatic rings. The smallest absolute Gasteiger partial charge is 0.296 e. The Morgan fingerprint density at radius 2 is 1.06 bits per heavy atom. The Bertz CT molecular complexity index is 2570. The van der Waals surface area contributed by atoms with Crippen LogP contribution in [-0.2, 0) is 44.2 Å². The fourth-order valence-corrected chi connectivity index (χ4v) is 10.8. The van der Waals surface area contributed by atoms with E-state index in [2.05, 4.69) is 20.8 Å². The van der Waals surface area contributed by atoms with Crippen molar-refractivity contribution in [2.45, 2.75) is 33.4 Å². The van der Waals surface area contributed by atoms with Crippen molar-refractivity contribution in [3.8, 4) is 11.1 Å². The fourth-order valence-electron chi connectivity index (χ4n) is 5.73. The Morgan fingerprint density at radius 3 is 1.39 bits per heavy atom. The molecule has 0 bridgehead atoms. The summed E-state index contributed by atoms with van der Waals surface area (Å²) in [6.07, 6.45) is 0. The second-order valence-electron chi connectivity index (χ2n) is 11.1. The third-order valence-corrected chi connectivity index (χ3v) is 14.0. The van der Waals surface area contributed by atoms with Crippen molar-refractivity contribution >= 4 is 96.4 Å². The molecule has 0 atom stereocenters. The number of rotatable bonds is 6. The number of nitrogens with one attached hydrogen (secondary N) is 2. The average Bonchev–Trinajstić information content (AvgIpc) is 3.78. The standard InChI is InChI=1S/C28H22N6O10S5/c1-11-25-17(33(3)31-11)9-19(45-25)27(35)29-15-7-21-13(5-23(15)48(39,40)41)14-6-24(49(42,43)44)16(8-22(14)47(21,37)38)30-28(36)20-10-18-26(46-20)12(2)32-34(18)4/h5-10H,1-4H3,(H,29,35)(H,30,36)(H,39,40,41)(H,42,43,44). The number of nitrogens with zero attached hydrogens (tertiary/aromatic N) is 4. The Balaban J connectivity index is 1.33. The van der Waals surface area contributed by atoms with Gasteiger partial charge in [-0.2, -0.15) is 27.0 Å². The van der Waals surface area contributed by atoms with Crippen LogP contribution in [0.5, 0.6) is 0 Å². The Hall–Kier alpha value is -4.51. The zero-order chi connectivity index (χ0) is 35.5. The molecule has 0 spiro atoms. The van der Waals surface area contributed by atoms with Crippen LogP contribution in [0, 0.1) is 13.8 Å². The molecule has 0 aliphatic carbocycles. The van der Waals surface area contributed by atoms with Gasteiger partial charge in [0.1, 0.15) is 9.79 Å². The van der Waals surface area contributed by atoms with Gasteiger partial charge in [0.15, 0.2) is 0 Å². The minimum atomic E-state index is -5.11. The quantitative estimate of drug-likeness (QED) is 0.176. The van der Waals surface area contributed by atoms with Crippen molar-refractivity contribution in [2.24, 2.45) is 14.1 Å². The summed E-state index contributed by atoms with van der Waals surface area (Å²) in [5.74, 6) is -1.60. The summed E-state index contributed by atoms with van der Waals surface area (Å²) in [6.45, 7) is 3.49. The van der Waals surface area contributed by atoms with Gasteiger partial charge in [0.2, 0.25) is 9.84 Å². The Kier molecular flexibility index (Phi) is 7.24. The van der Waals surface area contributed by atoms with Crippen molar-refractivity contribution in [2.75, 3.05) is 10.6 Å². The van der Waals surface area contributed by atoms with Crippen molar-refractivity contribution in [3.63, 3.8) is 0 Å². The van der Waals surface area contributed by atoms with E-state index in [0.717, 1.165) is 46.9 Å². The molecule has 4 N–H and O–H groups in total. The van der Waals surface area contributed by atoms with Crippen LogP contribution in [0.3, 0.4) is 0 Å². The minimum Gasteiger partial charge on any atom is -0.320 e. The highest BCUT2D eigenvalue weighted by Gasteiger charge is 2.38. The van der Waals surface area contributed by atoms with E-state index in [9.17, 15) is 43.9 Å². The number of hydrogen-bond donors (Lipinski definition) is 4. The van der Waals surface area contributed by atoms with Gasteiger partial charge in [-0.15, -0.1) is 22.7 Å². The van der Waals surface area contributed by atoms with Gasteiger partial charge in [0.05, 0.1) is 62.7 Å². The minimum absolute atomic E-state index is 0.141. The molecule has 2 amide bonds. The van der Waals surface area contributed by atoms with Gasteiger partial charge in [-0.25, -0.2) is 8.42 Å². The number of fused-ring (bicyclic) bond motifs is 5. The first-order valence-corrected chi connectivity index (χ1v) is 19.8. The summed E-state index contributed by atoms with van der Waals surface area (Å²) >= 11 is 2.14. The summed E-state index contributed by atoms with van der Waals surface area (Å²) in [5.41, 5.74) is 0.772. The van der Waals surface area contributed by atoms with Gasteiger partial charge in [-0.05, 0) is 50.2 Å². The normalized spacial score (nSPS) is 13.9. The third-order valence-electron chi connectivity index (χ3n) is 7.91. The maximum Gasteiger partial charge on any atom is 0.296 e. The van der Waals surface area contributed by atoms with Gasteiger partial charge in [-0.3, -0.25) is 28.1 Å². The van der Waals surface area contributed by atoms with Crippen LogP contribution in [0.4, 0.5) is 11.4 Å². The van der Waals surface area contributed by atoms with E-state index in [0.29, 0.717) is 31.8 Å². The SMILES string of the molecule is Cc1nn(C)c2cc(C(=O)Nc3cc4c(cc3S(=O)(=O)O)-c3cc(S(=O)(=O)O)c(NC(=O)c5cc6c(s5)c(C)nn6C)cc3S4(=O)=O)sc12. The fraction of sp³-hybridized carbons (Fsp3) is 0.143. The lowest BCUT2D eigenvalue weighted by atomic mass is 10.0. The van der Waals surface area contributed by atoms with Crippen LogP contribution >= 0.6 is 22.7 Å². The molecule has 16 nitrogen and oxygen atoms in total. The topological polar surface area (TPSA) is 237 Å². The maximum absolute atomic E-state index is 13.9. The third kappa shape index (κ3) is 5.24. The van der Waals surface area contributed by atoms with Crippen LogP contribution in [0.1, 0.15) is 30.7 Å². The number of thiophene rings is 2.